The Kier molecular flexibility index (Phi) is 7.83. The van der Waals surface area contributed by atoms with E-state index in [1.807, 2.05) is 31.2 Å². The lowest BCUT2D eigenvalue weighted by molar-refractivity contribution is -0.121. The summed E-state index contributed by atoms with van der Waals surface area (Å²) >= 11 is 0. The number of hydrogen-bond acceptors (Lipinski definition) is 5. The molecular formula is C20H26N2O5S. The van der Waals surface area contributed by atoms with Crippen LogP contribution in [0.25, 0.3) is 0 Å². The summed E-state index contributed by atoms with van der Waals surface area (Å²) in [6, 6.07) is 14.6. The Bertz CT molecular complexity index is 864. The van der Waals surface area contributed by atoms with Gasteiger partial charge in [-0.2, -0.15) is 4.31 Å². The van der Waals surface area contributed by atoms with Gasteiger partial charge in [0.15, 0.2) is 0 Å². The molecule has 0 aromatic heterocycles. The minimum absolute atomic E-state index is 0.148. The molecular weight excluding hydrogens is 380 g/mol. The molecule has 7 nitrogen and oxygen atoms in total. The second-order valence-electron chi connectivity index (χ2n) is 6.39. The Morgan fingerprint density at radius 2 is 1.64 bits per heavy atom. The third-order valence-electron chi connectivity index (χ3n) is 4.02. The first-order valence-electron chi connectivity index (χ1n) is 8.82. The van der Waals surface area contributed by atoms with Gasteiger partial charge in [-0.25, -0.2) is 8.42 Å². The number of sulfonamides is 1. The van der Waals surface area contributed by atoms with Gasteiger partial charge in [0.2, 0.25) is 15.9 Å². The van der Waals surface area contributed by atoms with Gasteiger partial charge in [0.05, 0.1) is 26.5 Å². The van der Waals surface area contributed by atoms with E-state index in [1.165, 1.54) is 0 Å². The van der Waals surface area contributed by atoms with Crippen LogP contribution < -0.4 is 14.8 Å². The molecule has 0 fully saturated rings. The highest BCUT2D eigenvalue weighted by Crippen LogP contribution is 2.16. The molecule has 2 aromatic rings. The second-order valence-corrected chi connectivity index (χ2v) is 8.37. The summed E-state index contributed by atoms with van der Waals surface area (Å²) in [4.78, 5) is 12.1. The summed E-state index contributed by atoms with van der Waals surface area (Å²) in [7, 11) is -1.93. The van der Waals surface area contributed by atoms with Gasteiger partial charge in [-0.3, -0.25) is 4.79 Å². The van der Waals surface area contributed by atoms with Crippen molar-refractivity contribution >= 4 is 15.9 Å². The molecule has 152 valence electrons. The molecule has 0 atom stereocenters. The first-order chi connectivity index (χ1) is 13.3. The third kappa shape index (κ3) is 7.21. The molecule has 0 aliphatic heterocycles. The smallest absolute Gasteiger partial charge is 0.235 e. The predicted molar refractivity (Wildman–Crippen MR) is 108 cm³/mol. The molecule has 0 saturated carbocycles. The van der Waals surface area contributed by atoms with Gasteiger partial charge in [0.1, 0.15) is 18.1 Å². The SMILES string of the molecule is COc1ccc(OCCNC(=O)CN(Cc2ccc(C)cc2)S(C)(=O)=O)cc1. The largest absolute Gasteiger partial charge is 0.497 e. The standard InChI is InChI=1S/C20H26N2O5S/c1-16-4-6-17(7-5-16)14-22(28(3,24)25)15-20(23)21-12-13-27-19-10-8-18(26-2)9-11-19/h4-11H,12-15H2,1-3H3,(H,21,23). The predicted octanol–water partition coefficient (Wildman–Crippen LogP) is 1.96. The molecule has 0 aliphatic carbocycles. The van der Waals surface area contributed by atoms with Gasteiger partial charge in [-0.05, 0) is 36.8 Å². The average molecular weight is 407 g/mol. The van der Waals surface area contributed by atoms with Crippen LogP contribution in [0.1, 0.15) is 11.1 Å². The monoisotopic (exact) mass is 406 g/mol. The van der Waals surface area contributed by atoms with Gasteiger partial charge < -0.3 is 14.8 Å². The van der Waals surface area contributed by atoms with E-state index < -0.39 is 10.0 Å². The molecule has 0 unspecified atom stereocenters. The molecule has 8 heteroatoms. The van der Waals surface area contributed by atoms with Crippen LogP contribution in [-0.4, -0.2) is 51.7 Å². The molecule has 1 N–H and O–H groups in total. The van der Waals surface area contributed by atoms with E-state index in [0.717, 1.165) is 27.4 Å². The number of aryl methyl sites for hydroxylation is 1. The van der Waals surface area contributed by atoms with Crippen molar-refractivity contribution in [3.63, 3.8) is 0 Å². The van der Waals surface area contributed by atoms with Crippen LogP contribution in [0.4, 0.5) is 0 Å². The number of nitrogens with one attached hydrogen (secondary N) is 1. The van der Waals surface area contributed by atoms with Crippen molar-refractivity contribution in [1.29, 1.82) is 0 Å². The lowest BCUT2D eigenvalue weighted by Gasteiger charge is -2.19. The van der Waals surface area contributed by atoms with Crippen molar-refractivity contribution in [2.75, 3.05) is 33.1 Å². The first-order valence-corrected chi connectivity index (χ1v) is 10.7. The van der Waals surface area contributed by atoms with Crippen molar-refractivity contribution in [3.8, 4) is 11.5 Å². The van der Waals surface area contributed by atoms with Crippen LogP contribution in [0, 0.1) is 6.92 Å². The van der Waals surface area contributed by atoms with Crippen LogP contribution in [0.5, 0.6) is 11.5 Å². The highest BCUT2D eigenvalue weighted by atomic mass is 32.2. The first kappa shape index (κ1) is 21.7. The lowest BCUT2D eigenvalue weighted by Crippen LogP contribution is -2.40. The fourth-order valence-electron chi connectivity index (χ4n) is 2.43. The number of nitrogens with zero attached hydrogens (tertiary/aromatic N) is 1. The van der Waals surface area contributed by atoms with Crippen LogP contribution in [0.3, 0.4) is 0 Å². The highest BCUT2D eigenvalue weighted by Gasteiger charge is 2.20. The number of amides is 1. The zero-order chi connectivity index (χ0) is 20.6. The number of carbonyl (C=O) groups excluding carboxylic acids is 1. The number of methoxy groups -OCH3 is 1. The van der Waals surface area contributed by atoms with E-state index >= 15 is 0 Å². The number of rotatable bonds is 10. The van der Waals surface area contributed by atoms with Crippen molar-refractivity contribution in [3.05, 3.63) is 59.7 Å². The number of hydrogen-bond donors (Lipinski definition) is 1. The van der Waals surface area contributed by atoms with Gasteiger partial charge in [-0.15, -0.1) is 0 Å². The topological polar surface area (TPSA) is 84.9 Å². The summed E-state index contributed by atoms with van der Waals surface area (Å²) < 4.78 is 35.8. The molecule has 28 heavy (non-hydrogen) atoms. The third-order valence-corrected chi connectivity index (χ3v) is 5.22. The summed E-state index contributed by atoms with van der Waals surface area (Å²) in [5.74, 6) is 1.01. The Hall–Kier alpha value is -2.58. The Morgan fingerprint density at radius 1 is 1.04 bits per heavy atom. The van der Waals surface area contributed by atoms with Gasteiger partial charge in [-0.1, -0.05) is 29.8 Å². The summed E-state index contributed by atoms with van der Waals surface area (Å²) in [6.07, 6.45) is 1.10. The van der Waals surface area contributed by atoms with Gasteiger partial charge in [0, 0.05) is 6.54 Å². The Morgan fingerprint density at radius 3 is 2.21 bits per heavy atom. The molecule has 2 aromatic carbocycles. The maximum absolute atomic E-state index is 12.1. The molecule has 0 spiro atoms. The zero-order valence-corrected chi connectivity index (χ0v) is 17.2. The minimum atomic E-state index is -3.52. The molecule has 1 amide bonds. The molecule has 0 saturated heterocycles. The van der Waals surface area contributed by atoms with Crippen molar-refractivity contribution in [1.82, 2.24) is 9.62 Å². The zero-order valence-electron chi connectivity index (χ0n) is 16.3. The maximum atomic E-state index is 12.1. The minimum Gasteiger partial charge on any atom is -0.497 e. The Balaban J connectivity index is 1.81. The van der Waals surface area contributed by atoms with E-state index in [2.05, 4.69) is 5.32 Å². The molecule has 0 aliphatic rings. The molecule has 0 heterocycles. The highest BCUT2D eigenvalue weighted by molar-refractivity contribution is 7.88. The van der Waals surface area contributed by atoms with E-state index in [4.69, 9.17) is 9.47 Å². The van der Waals surface area contributed by atoms with Crippen LogP contribution in [0.2, 0.25) is 0 Å². The summed E-state index contributed by atoms with van der Waals surface area (Å²) in [5.41, 5.74) is 1.91. The average Bonchev–Trinajstić information content (AvgIpc) is 2.66. The number of benzene rings is 2. The second kappa shape index (κ2) is 10.1. The van der Waals surface area contributed by atoms with E-state index in [1.54, 1.807) is 31.4 Å². The maximum Gasteiger partial charge on any atom is 0.235 e. The molecule has 0 bridgehead atoms. The van der Waals surface area contributed by atoms with Crippen LogP contribution in [-0.2, 0) is 21.4 Å². The summed E-state index contributed by atoms with van der Waals surface area (Å²) in [5, 5.41) is 2.68. The number of carbonyl (C=O) groups is 1. The van der Waals surface area contributed by atoms with E-state index in [-0.39, 0.29) is 32.1 Å². The lowest BCUT2D eigenvalue weighted by atomic mass is 10.1. The fraction of sp³-hybridized carbons (Fsp3) is 0.350. The normalized spacial score (nSPS) is 11.3. The molecule has 0 radical (unpaired) electrons. The van der Waals surface area contributed by atoms with Crippen LogP contribution in [0.15, 0.2) is 48.5 Å². The molecule has 2 rings (SSSR count). The number of ether oxygens (including phenoxy) is 2. The van der Waals surface area contributed by atoms with Crippen molar-refractivity contribution < 1.29 is 22.7 Å². The van der Waals surface area contributed by atoms with Crippen LogP contribution >= 0.6 is 0 Å². The Labute approximate surface area is 166 Å². The quantitative estimate of drug-likeness (QED) is 0.610. The van der Waals surface area contributed by atoms with Crippen molar-refractivity contribution in [2.45, 2.75) is 13.5 Å². The van der Waals surface area contributed by atoms with E-state index in [0.29, 0.717) is 5.75 Å². The van der Waals surface area contributed by atoms with E-state index in [9.17, 15) is 13.2 Å². The van der Waals surface area contributed by atoms with Gasteiger partial charge in [0.25, 0.3) is 0 Å². The fourth-order valence-corrected chi connectivity index (χ4v) is 3.17. The summed E-state index contributed by atoms with van der Waals surface area (Å²) in [6.45, 7) is 2.41. The van der Waals surface area contributed by atoms with Crippen molar-refractivity contribution in [2.24, 2.45) is 0 Å². The van der Waals surface area contributed by atoms with Gasteiger partial charge >= 0.3 is 0 Å².